The smallest absolute Gasteiger partial charge is 0.273 e. The first-order chi connectivity index (χ1) is 10.6. The van der Waals surface area contributed by atoms with Gasteiger partial charge in [-0.15, -0.1) is 0 Å². The number of nitrogens with zero attached hydrogens (tertiary/aromatic N) is 2. The third-order valence-corrected chi connectivity index (χ3v) is 4.12. The van der Waals surface area contributed by atoms with Crippen molar-refractivity contribution in [2.45, 2.75) is 13.8 Å². The number of benzene rings is 1. The van der Waals surface area contributed by atoms with Crippen molar-refractivity contribution in [3.63, 3.8) is 0 Å². The van der Waals surface area contributed by atoms with Crippen LogP contribution >= 0.6 is 11.9 Å². The first-order valence-electron chi connectivity index (χ1n) is 7.45. The van der Waals surface area contributed by atoms with Gasteiger partial charge >= 0.3 is 0 Å². The van der Waals surface area contributed by atoms with Crippen molar-refractivity contribution in [1.82, 2.24) is 4.57 Å². The van der Waals surface area contributed by atoms with Crippen molar-refractivity contribution in [2.24, 2.45) is 7.05 Å². The monoisotopic (exact) mass is 317 g/mol. The Labute approximate surface area is 136 Å². The summed E-state index contributed by atoms with van der Waals surface area (Å²) in [6.07, 6.45) is 3.89. The minimum atomic E-state index is 0.0471. The molecule has 0 saturated heterocycles. The van der Waals surface area contributed by atoms with Crippen molar-refractivity contribution in [3.05, 3.63) is 46.9 Å². The third-order valence-electron chi connectivity index (χ3n) is 3.68. The molecular weight excluding hydrogens is 294 g/mol. The molecule has 0 unspecified atom stereocenters. The predicted molar refractivity (Wildman–Crippen MR) is 97.8 cm³/mol. The summed E-state index contributed by atoms with van der Waals surface area (Å²) < 4.78 is 4.91. The van der Waals surface area contributed by atoms with Crippen molar-refractivity contribution in [1.29, 1.82) is 0 Å². The van der Waals surface area contributed by atoms with Crippen LogP contribution in [0.4, 0.5) is 11.4 Å². The molecular formula is C17H23N3OS. The minimum Gasteiger partial charge on any atom is -0.368 e. The summed E-state index contributed by atoms with van der Waals surface area (Å²) in [6, 6.07) is 10.2. The minimum absolute atomic E-state index is 0.0471. The normalized spacial score (nSPS) is 10.5. The molecule has 1 heterocycles. The molecule has 0 fully saturated rings. The highest BCUT2D eigenvalue weighted by atomic mass is 32.2. The van der Waals surface area contributed by atoms with Crippen LogP contribution in [0.2, 0.25) is 0 Å². The Hall–Kier alpha value is -1.88. The van der Waals surface area contributed by atoms with Crippen LogP contribution < -0.4 is 15.2 Å². The molecule has 0 bridgehead atoms. The molecule has 1 aromatic carbocycles. The number of pyridine rings is 1. The molecule has 0 atom stereocenters. The maximum atomic E-state index is 12.4. The average molecular weight is 317 g/mol. The standard InChI is InChI=1S/C17H23N3OS/c1-5-20(6-2)16-11-14(12-19(3)17(16)21)13-8-7-9-15(10-13)18-22-4/h7-12,18H,5-6H2,1-4H3. The van der Waals surface area contributed by atoms with E-state index < -0.39 is 0 Å². The lowest BCUT2D eigenvalue weighted by molar-refractivity contribution is 0.811. The number of hydrogen-bond acceptors (Lipinski definition) is 4. The second-order valence-corrected chi connectivity index (χ2v) is 5.70. The lowest BCUT2D eigenvalue weighted by atomic mass is 10.1. The Morgan fingerprint density at radius 3 is 2.55 bits per heavy atom. The highest BCUT2D eigenvalue weighted by molar-refractivity contribution is 7.99. The molecule has 0 aliphatic heterocycles. The SMILES string of the molecule is CCN(CC)c1cc(-c2cccc(NSC)c2)cn(C)c1=O. The molecule has 5 heteroatoms. The summed E-state index contributed by atoms with van der Waals surface area (Å²) in [5.74, 6) is 0. The molecule has 0 amide bonds. The number of anilines is 2. The molecule has 0 aliphatic rings. The largest absolute Gasteiger partial charge is 0.368 e. The van der Waals surface area contributed by atoms with Crippen molar-refractivity contribution in [2.75, 3.05) is 29.0 Å². The average Bonchev–Trinajstić information content (AvgIpc) is 2.53. The van der Waals surface area contributed by atoms with Crippen molar-refractivity contribution in [3.8, 4) is 11.1 Å². The highest BCUT2D eigenvalue weighted by Crippen LogP contribution is 2.25. The quantitative estimate of drug-likeness (QED) is 0.826. The van der Waals surface area contributed by atoms with E-state index in [4.69, 9.17) is 0 Å². The topological polar surface area (TPSA) is 37.3 Å². The van der Waals surface area contributed by atoms with Crippen molar-refractivity contribution < 1.29 is 0 Å². The van der Waals surface area contributed by atoms with E-state index in [9.17, 15) is 4.79 Å². The third kappa shape index (κ3) is 3.47. The van der Waals surface area contributed by atoms with E-state index in [1.165, 1.54) is 0 Å². The predicted octanol–water partition coefficient (Wildman–Crippen LogP) is 3.59. The van der Waals surface area contributed by atoms with Gasteiger partial charge in [-0.25, -0.2) is 0 Å². The fraction of sp³-hybridized carbons (Fsp3) is 0.353. The van der Waals surface area contributed by atoms with E-state index in [2.05, 4.69) is 35.6 Å². The van der Waals surface area contributed by atoms with Gasteiger partial charge in [0, 0.05) is 43.8 Å². The highest BCUT2D eigenvalue weighted by Gasteiger charge is 2.11. The van der Waals surface area contributed by atoms with Gasteiger partial charge in [-0.05, 0) is 37.6 Å². The molecule has 4 nitrogen and oxygen atoms in total. The summed E-state index contributed by atoms with van der Waals surface area (Å²) in [5.41, 5.74) is 4.01. The molecule has 0 aliphatic carbocycles. The van der Waals surface area contributed by atoms with Crippen LogP contribution in [-0.4, -0.2) is 23.9 Å². The van der Waals surface area contributed by atoms with Crippen molar-refractivity contribution >= 4 is 23.3 Å². The van der Waals surface area contributed by atoms with E-state index in [1.54, 1.807) is 16.5 Å². The summed E-state index contributed by atoms with van der Waals surface area (Å²) in [6.45, 7) is 5.78. The van der Waals surface area contributed by atoms with Gasteiger partial charge in [-0.3, -0.25) is 4.79 Å². The summed E-state index contributed by atoms with van der Waals surface area (Å²) in [5, 5.41) is 0. The zero-order chi connectivity index (χ0) is 16.1. The molecule has 1 aromatic heterocycles. The molecule has 22 heavy (non-hydrogen) atoms. The molecule has 118 valence electrons. The molecule has 2 aromatic rings. The molecule has 1 N–H and O–H groups in total. The number of nitrogens with one attached hydrogen (secondary N) is 1. The molecule has 0 radical (unpaired) electrons. The van der Waals surface area contributed by atoms with Crippen LogP contribution in [0.25, 0.3) is 11.1 Å². The Balaban J connectivity index is 2.52. The Kier molecular flexibility index (Phi) is 5.55. The van der Waals surface area contributed by atoms with Gasteiger partial charge in [-0.2, -0.15) is 0 Å². The van der Waals surface area contributed by atoms with Gasteiger partial charge in [0.15, 0.2) is 0 Å². The first kappa shape index (κ1) is 16.5. The summed E-state index contributed by atoms with van der Waals surface area (Å²) in [4.78, 5) is 14.5. The second-order valence-electron chi connectivity index (χ2n) is 5.09. The van der Waals surface area contributed by atoms with Gasteiger partial charge in [0.05, 0.1) is 0 Å². The van der Waals surface area contributed by atoms with E-state index in [-0.39, 0.29) is 5.56 Å². The zero-order valence-corrected chi connectivity index (χ0v) is 14.4. The maximum absolute atomic E-state index is 12.4. The van der Waals surface area contributed by atoms with Gasteiger partial charge < -0.3 is 14.2 Å². The molecule has 0 saturated carbocycles. The van der Waals surface area contributed by atoms with E-state index in [0.29, 0.717) is 0 Å². The Bertz CT molecular complexity index is 693. The van der Waals surface area contributed by atoms with Gasteiger partial charge in [-0.1, -0.05) is 24.1 Å². The fourth-order valence-electron chi connectivity index (χ4n) is 2.52. The van der Waals surface area contributed by atoms with Gasteiger partial charge in [0.2, 0.25) is 0 Å². The molecule has 0 spiro atoms. The Morgan fingerprint density at radius 2 is 1.91 bits per heavy atom. The number of aryl methyl sites for hydroxylation is 1. The van der Waals surface area contributed by atoms with Crippen LogP contribution in [0.5, 0.6) is 0 Å². The van der Waals surface area contributed by atoms with Gasteiger partial charge in [0.1, 0.15) is 5.69 Å². The summed E-state index contributed by atoms with van der Waals surface area (Å²) in [7, 11) is 1.81. The molecule has 2 rings (SSSR count). The maximum Gasteiger partial charge on any atom is 0.273 e. The lowest BCUT2D eigenvalue weighted by Gasteiger charge is -2.21. The van der Waals surface area contributed by atoms with E-state index >= 15 is 0 Å². The lowest BCUT2D eigenvalue weighted by Crippen LogP contribution is -2.31. The number of rotatable bonds is 6. The van der Waals surface area contributed by atoms with Crippen LogP contribution in [0, 0.1) is 0 Å². The second kappa shape index (κ2) is 7.40. The fourth-order valence-corrected chi connectivity index (χ4v) is 2.89. The first-order valence-corrected chi connectivity index (χ1v) is 8.68. The van der Waals surface area contributed by atoms with Crippen LogP contribution in [-0.2, 0) is 7.05 Å². The number of aromatic nitrogens is 1. The van der Waals surface area contributed by atoms with Crippen LogP contribution in [0.1, 0.15) is 13.8 Å². The zero-order valence-electron chi connectivity index (χ0n) is 13.6. The summed E-state index contributed by atoms with van der Waals surface area (Å²) >= 11 is 1.57. The Morgan fingerprint density at radius 1 is 1.18 bits per heavy atom. The van der Waals surface area contributed by atoms with E-state index in [0.717, 1.165) is 35.6 Å². The van der Waals surface area contributed by atoms with E-state index in [1.807, 2.05) is 37.7 Å². The van der Waals surface area contributed by atoms with Crippen LogP contribution in [0.15, 0.2) is 41.3 Å². The number of hydrogen-bond donors (Lipinski definition) is 1. The van der Waals surface area contributed by atoms with Crippen LogP contribution in [0.3, 0.4) is 0 Å². The van der Waals surface area contributed by atoms with Gasteiger partial charge in [0.25, 0.3) is 5.56 Å².